The highest BCUT2D eigenvalue weighted by Gasteiger charge is 2.35. The molecule has 2 saturated heterocycles. The third-order valence-electron chi connectivity index (χ3n) is 4.58. The average molecular weight is 353 g/mol. The van der Waals surface area contributed by atoms with Crippen LogP contribution in [0.4, 0.5) is 5.82 Å². The van der Waals surface area contributed by atoms with Gasteiger partial charge in [-0.25, -0.2) is 9.97 Å². The molecule has 0 saturated carbocycles. The molecule has 0 bridgehead atoms. The fourth-order valence-electron chi connectivity index (χ4n) is 3.39. The molecule has 2 aliphatic rings. The summed E-state index contributed by atoms with van der Waals surface area (Å²) in [5.74, 6) is 1.98. The van der Waals surface area contributed by atoms with Crippen molar-refractivity contribution in [2.24, 2.45) is 0 Å². The van der Waals surface area contributed by atoms with E-state index < -0.39 is 0 Å². The predicted octanol–water partition coefficient (Wildman–Crippen LogP) is 3.21. The summed E-state index contributed by atoms with van der Waals surface area (Å²) >= 11 is 3.56. The fraction of sp³-hybridized carbons (Fsp3) is 0.750. The van der Waals surface area contributed by atoms with Crippen LogP contribution in [0.5, 0.6) is 0 Å². The maximum Gasteiger partial charge on any atom is 0.137 e. The minimum absolute atomic E-state index is 0.0308. The number of halogens is 1. The van der Waals surface area contributed by atoms with Gasteiger partial charge in [-0.05, 0) is 42.2 Å². The van der Waals surface area contributed by atoms with E-state index in [4.69, 9.17) is 4.98 Å². The lowest BCUT2D eigenvalue weighted by atomic mass is 9.96. The maximum atomic E-state index is 4.86. The van der Waals surface area contributed by atoms with Crippen LogP contribution in [-0.4, -0.2) is 46.6 Å². The SMILES string of the molecule is CC1CN2CCCC2CN1c1cc(Br)nc(C(C)(C)C)n1. The summed E-state index contributed by atoms with van der Waals surface area (Å²) < 4.78 is 0.887. The molecule has 5 heteroatoms. The number of nitrogens with zero attached hydrogens (tertiary/aromatic N) is 4. The van der Waals surface area contributed by atoms with E-state index in [0.717, 1.165) is 29.3 Å². The van der Waals surface area contributed by atoms with Gasteiger partial charge in [0, 0.05) is 36.7 Å². The zero-order valence-corrected chi connectivity index (χ0v) is 15.0. The molecule has 1 aromatic rings. The van der Waals surface area contributed by atoms with Gasteiger partial charge in [0.25, 0.3) is 0 Å². The van der Waals surface area contributed by atoms with Crippen LogP contribution in [0.2, 0.25) is 0 Å². The number of aromatic nitrogens is 2. The third-order valence-corrected chi connectivity index (χ3v) is 4.99. The number of fused-ring (bicyclic) bond motifs is 1. The second kappa shape index (κ2) is 5.51. The number of piperazine rings is 1. The Kier molecular flexibility index (Phi) is 3.99. The summed E-state index contributed by atoms with van der Waals surface area (Å²) in [4.78, 5) is 14.5. The number of anilines is 1. The van der Waals surface area contributed by atoms with Crippen LogP contribution >= 0.6 is 15.9 Å². The average Bonchev–Trinajstić information content (AvgIpc) is 2.83. The van der Waals surface area contributed by atoms with E-state index in [-0.39, 0.29) is 5.41 Å². The van der Waals surface area contributed by atoms with E-state index in [0.29, 0.717) is 12.1 Å². The maximum absolute atomic E-state index is 4.86. The molecule has 4 nitrogen and oxygen atoms in total. The van der Waals surface area contributed by atoms with Crippen molar-refractivity contribution >= 4 is 21.7 Å². The van der Waals surface area contributed by atoms with Crippen LogP contribution < -0.4 is 4.90 Å². The number of rotatable bonds is 1. The quantitative estimate of drug-likeness (QED) is 0.726. The lowest BCUT2D eigenvalue weighted by molar-refractivity contribution is 0.202. The van der Waals surface area contributed by atoms with Gasteiger partial charge in [-0.2, -0.15) is 0 Å². The Balaban J connectivity index is 1.90. The molecule has 21 heavy (non-hydrogen) atoms. The summed E-state index contributed by atoms with van der Waals surface area (Å²) in [6, 6.07) is 3.28. The monoisotopic (exact) mass is 352 g/mol. The first-order valence-corrected chi connectivity index (χ1v) is 8.69. The normalized spacial score (nSPS) is 27.0. The smallest absolute Gasteiger partial charge is 0.137 e. The molecule has 2 unspecified atom stereocenters. The van der Waals surface area contributed by atoms with Gasteiger partial charge >= 0.3 is 0 Å². The van der Waals surface area contributed by atoms with Crippen molar-refractivity contribution in [2.45, 2.75) is 58.0 Å². The van der Waals surface area contributed by atoms with Gasteiger partial charge < -0.3 is 4.90 Å². The molecule has 0 aromatic carbocycles. The summed E-state index contributed by atoms with van der Waals surface area (Å²) in [7, 11) is 0. The van der Waals surface area contributed by atoms with E-state index in [9.17, 15) is 0 Å². The molecule has 0 spiro atoms. The molecular weight excluding hydrogens is 328 g/mol. The lowest BCUT2D eigenvalue weighted by Crippen LogP contribution is -2.55. The highest BCUT2D eigenvalue weighted by atomic mass is 79.9. The van der Waals surface area contributed by atoms with E-state index in [1.165, 1.54) is 19.4 Å². The molecule has 0 amide bonds. The Labute approximate surface area is 136 Å². The Hall–Kier alpha value is -0.680. The predicted molar refractivity (Wildman–Crippen MR) is 89.8 cm³/mol. The van der Waals surface area contributed by atoms with Crippen molar-refractivity contribution < 1.29 is 0 Å². The second-order valence-corrected chi connectivity index (χ2v) is 8.23. The zero-order valence-electron chi connectivity index (χ0n) is 13.4. The van der Waals surface area contributed by atoms with Crippen molar-refractivity contribution in [3.05, 3.63) is 16.5 Å². The Morgan fingerprint density at radius 3 is 2.71 bits per heavy atom. The van der Waals surface area contributed by atoms with Gasteiger partial charge in [-0.15, -0.1) is 0 Å². The fourth-order valence-corrected chi connectivity index (χ4v) is 3.77. The van der Waals surface area contributed by atoms with Crippen LogP contribution in [-0.2, 0) is 5.41 Å². The molecule has 116 valence electrons. The molecule has 2 fully saturated rings. The van der Waals surface area contributed by atoms with Crippen molar-refractivity contribution in [3.63, 3.8) is 0 Å². The van der Waals surface area contributed by atoms with E-state index in [1.807, 2.05) is 0 Å². The van der Waals surface area contributed by atoms with E-state index in [1.54, 1.807) is 0 Å². The Morgan fingerprint density at radius 2 is 2.00 bits per heavy atom. The highest BCUT2D eigenvalue weighted by Crippen LogP contribution is 2.30. The molecule has 0 aliphatic carbocycles. The van der Waals surface area contributed by atoms with E-state index >= 15 is 0 Å². The summed E-state index contributed by atoms with van der Waals surface area (Å²) in [5.41, 5.74) is -0.0308. The molecule has 3 rings (SSSR count). The first kappa shape index (κ1) is 15.2. The van der Waals surface area contributed by atoms with Crippen LogP contribution in [0.15, 0.2) is 10.7 Å². The minimum atomic E-state index is -0.0308. The molecule has 2 atom stereocenters. The molecule has 0 N–H and O–H groups in total. The molecule has 2 aliphatic heterocycles. The van der Waals surface area contributed by atoms with Gasteiger partial charge in [0.05, 0.1) is 0 Å². The first-order chi connectivity index (χ1) is 9.84. The second-order valence-electron chi connectivity index (χ2n) is 7.41. The van der Waals surface area contributed by atoms with Crippen molar-refractivity contribution in [2.75, 3.05) is 24.5 Å². The van der Waals surface area contributed by atoms with Crippen LogP contribution in [0, 0.1) is 0 Å². The minimum Gasteiger partial charge on any atom is -0.351 e. The molecule has 0 radical (unpaired) electrons. The lowest BCUT2D eigenvalue weighted by Gasteiger charge is -2.43. The van der Waals surface area contributed by atoms with Crippen molar-refractivity contribution in [1.29, 1.82) is 0 Å². The standard InChI is InChI=1S/C16H25BrN4/c1-11-9-20-7-5-6-12(20)10-21(11)14-8-13(17)18-15(19-14)16(2,3)4/h8,11-12H,5-7,9-10H2,1-4H3. The summed E-state index contributed by atoms with van der Waals surface area (Å²) in [5, 5.41) is 0. The zero-order chi connectivity index (χ0) is 15.2. The summed E-state index contributed by atoms with van der Waals surface area (Å²) in [6.45, 7) is 12.3. The Bertz CT molecular complexity index is 525. The van der Waals surface area contributed by atoms with Gasteiger partial charge in [0.2, 0.25) is 0 Å². The van der Waals surface area contributed by atoms with Crippen LogP contribution in [0.25, 0.3) is 0 Å². The van der Waals surface area contributed by atoms with Crippen molar-refractivity contribution in [3.8, 4) is 0 Å². The topological polar surface area (TPSA) is 32.3 Å². The molecule has 3 heterocycles. The van der Waals surface area contributed by atoms with Gasteiger partial charge in [0.15, 0.2) is 0 Å². The summed E-state index contributed by atoms with van der Waals surface area (Å²) in [6.07, 6.45) is 2.66. The third kappa shape index (κ3) is 3.09. The number of hydrogen-bond acceptors (Lipinski definition) is 4. The first-order valence-electron chi connectivity index (χ1n) is 7.90. The van der Waals surface area contributed by atoms with E-state index in [2.05, 4.69) is 64.5 Å². The van der Waals surface area contributed by atoms with Crippen LogP contribution in [0.1, 0.15) is 46.4 Å². The highest BCUT2D eigenvalue weighted by molar-refractivity contribution is 9.10. The van der Waals surface area contributed by atoms with Crippen LogP contribution in [0.3, 0.4) is 0 Å². The number of hydrogen-bond donors (Lipinski definition) is 0. The van der Waals surface area contributed by atoms with Gasteiger partial charge in [-0.3, -0.25) is 4.90 Å². The van der Waals surface area contributed by atoms with Crippen molar-refractivity contribution in [1.82, 2.24) is 14.9 Å². The molecule has 1 aromatic heterocycles. The Morgan fingerprint density at radius 1 is 1.24 bits per heavy atom. The van der Waals surface area contributed by atoms with Gasteiger partial charge in [0.1, 0.15) is 16.2 Å². The van der Waals surface area contributed by atoms with Gasteiger partial charge in [-0.1, -0.05) is 20.8 Å². The molecular formula is C16H25BrN4. The largest absolute Gasteiger partial charge is 0.351 e.